The molecule has 11 N–H and O–H groups in total. The SMILES string of the molecule is C=C(CO)N[C@@H]1CCN(Cc2ccc(C#Cc3ccc(C(CO)Cc4nc[nH]c(=O)c4O)cc3)cc2)C1.C=C(N[C@@H]1CCN(Cc2ccc(C#Cc3ccc(C(CO)CC4=C(O)C(=O)CC=N4)cc3)cc2)C1)C1CC1.CCC1CN(Cc2ccc(C#Cc3ccc(C(CNCC(F)CO)CC4=NNCC(=O)C4=O)cc3)cc2)C1. The van der Waals surface area contributed by atoms with Crippen molar-refractivity contribution in [3.05, 3.63) is 271 Å². The number of alkyl halides is 1. The maximum atomic E-state index is 13.5. The molecule has 22 heteroatoms. The number of aliphatic imine (C=N–C) groups is 1. The number of carbonyl (C=O) groups excluding carboxylic acids is 3. The Bertz CT molecular complexity index is 4770. The molecule has 0 amide bonds. The number of hydrazone groups is 1. The zero-order valence-corrected chi connectivity index (χ0v) is 64.1. The molecule has 1 saturated carbocycles. The molecule has 1 aromatic heterocycles. The number of H-pyrrole nitrogens is 1. The Morgan fingerprint density at radius 3 is 1.50 bits per heavy atom. The molecule has 7 aromatic rings. The molecule has 0 spiro atoms. The highest BCUT2D eigenvalue weighted by Gasteiger charge is 2.31. The summed E-state index contributed by atoms with van der Waals surface area (Å²) in [6.07, 6.45) is 8.30. The number of allylic oxidation sites excluding steroid dienone is 3. The van der Waals surface area contributed by atoms with Crippen molar-refractivity contribution < 1.29 is 49.4 Å². The smallest absolute Gasteiger partial charge is 0.293 e. The first-order valence-electron chi connectivity index (χ1n) is 39.0. The van der Waals surface area contributed by atoms with Crippen LogP contribution in [0.3, 0.4) is 0 Å². The van der Waals surface area contributed by atoms with Crippen LogP contribution in [-0.2, 0) is 40.4 Å². The monoisotopic (exact) mass is 1530 g/mol. The second-order valence-corrected chi connectivity index (χ2v) is 29.9. The number of aromatic nitrogens is 2. The third-order valence-corrected chi connectivity index (χ3v) is 21.1. The fourth-order valence-electron chi connectivity index (χ4n) is 14.2. The Morgan fingerprint density at radius 1 is 0.566 bits per heavy atom. The molecule has 6 aliphatic rings. The molecular formula is C91H102FN11O10. The van der Waals surface area contributed by atoms with Crippen LogP contribution in [0.2, 0.25) is 0 Å². The number of hydrogen-bond acceptors (Lipinski definition) is 20. The van der Waals surface area contributed by atoms with Gasteiger partial charge in [-0.25, -0.2) is 9.37 Å². The number of likely N-dealkylation sites (tertiary alicyclic amines) is 3. The van der Waals surface area contributed by atoms with E-state index in [0.29, 0.717) is 42.4 Å². The lowest BCUT2D eigenvalue weighted by Crippen LogP contribution is -2.45. The zero-order chi connectivity index (χ0) is 79.6. The van der Waals surface area contributed by atoms with Gasteiger partial charge in [0.1, 0.15) is 11.9 Å². The summed E-state index contributed by atoms with van der Waals surface area (Å²) < 4.78 is 13.5. The first-order valence-corrected chi connectivity index (χ1v) is 39.0. The molecule has 113 heavy (non-hydrogen) atoms. The number of nitrogens with one attached hydrogen (secondary N) is 5. The highest BCUT2D eigenvalue weighted by molar-refractivity contribution is 6.66. The second kappa shape index (κ2) is 41.5. The summed E-state index contributed by atoms with van der Waals surface area (Å²) in [5.74, 6) is 17.8. The number of aromatic amines is 1. The number of nitrogens with zero attached hydrogens (tertiary/aromatic N) is 6. The number of benzene rings is 6. The molecule has 5 aliphatic heterocycles. The molecule has 4 fully saturated rings. The molecule has 6 atom stereocenters. The number of Topliss-reactive ketones (excluding diaryl/α,β-unsaturated/α-hetero) is 3. The first kappa shape index (κ1) is 83.0. The van der Waals surface area contributed by atoms with Crippen LogP contribution in [0.5, 0.6) is 5.75 Å². The molecule has 0 radical (unpaired) electrons. The highest BCUT2D eigenvalue weighted by Crippen LogP contribution is 2.35. The van der Waals surface area contributed by atoms with Gasteiger partial charge in [0.05, 0.1) is 50.7 Å². The summed E-state index contributed by atoms with van der Waals surface area (Å²) in [5.41, 5.74) is 16.6. The van der Waals surface area contributed by atoms with Gasteiger partial charge in [-0.1, -0.05) is 135 Å². The maximum absolute atomic E-state index is 13.5. The third kappa shape index (κ3) is 25.0. The summed E-state index contributed by atoms with van der Waals surface area (Å²) in [6, 6.07) is 48.9. The van der Waals surface area contributed by atoms with Gasteiger partial charge in [0.15, 0.2) is 5.76 Å². The Morgan fingerprint density at radius 2 is 1.04 bits per heavy atom. The fraction of sp³-hybridized carbons (Fsp3) is 0.374. The highest BCUT2D eigenvalue weighted by atomic mass is 19.1. The second-order valence-electron chi connectivity index (χ2n) is 29.9. The molecule has 0 bridgehead atoms. The van der Waals surface area contributed by atoms with E-state index in [2.05, 4.69) is 172 Å². The van der Waals surface area contributed by atoms with Crippen molar-refractivity contribution in [1.29, 1.82) is 0 Å². The van der Waals surface area contributed by atoms with Crippen molar-refractivity contribution in [2.75, 3.05) is 85.3 Å². The molecule has 1 aliphatic carbocycles. The lowest BCUT2D eigenvalue weighted by molar-refractivity contribution is -0.132. The van der Waals surface area contributed by atoms with E-state index in [1.165, 1.54) is 73.7 Å². The molecule has 13 rings (SSSR count). The topological polar surface area (TPSA) is 301 Å². The van der Waals surface area contributed by atoms with Crippen molar-refractivity contribution in [3.63, 3.8) is 0 Å². The van der Waals surface area contributed by atoms with Gasteiger partial charge in [0.2, 0.25) is 23.1 Å². The quantitative estimate of drug-likeness (QED) is 0.0154. The lowest BCUT2D eigenvalue weighted by Gasteiger charge is -2.38. The lowest BCUT2D eigenvalue weighted by atomic mass is 9.90. The van der Waals surface area contributed by atoms with Crippen LogP contribution in [-0.4, -0.2) is 188 Å². The predicted octanol–water partition coefficient (Wildman–Crippen LogP) is 8.74. The number of carbonyl (C=O) groups is 3. The number of ketones is 3. The number of rotatable bonds is 29. The number of hydrogen-bond donors (Lipinski definition) is 11. The van der Waals surface area contributed by atoms with Gasteiger partial charge < -0.3 is 57.0 Å². The van der Waals surface area contributed by atoms with E-state index in [1.54, 1.807) is 0 Å². The summed E-state index contributed by atoms with van der Waals surface area (Å²) in [5, 5.41) is 71.7. The summed E-state index contributed by atoms with van der Waals surface area (Å²) in [7, 11) is 0. The normalized spacial score (nSPS) is 18.0. The van der Waals surface area contributed by atoms with Gasteiger partial charge in [-0.05, 0) is 144 Å². The number of aromatic hydroxyl groups is 1. The van der Waals surface area contributed by atoms with Crippen LogP contribution in [0.15, 0.2) is 203 Å². The van der Waals surface area contributed by atoms with E-state index >= 15 is 0 Å². The molecular weight excluding hydrogens is 1430 g/mol. The van der Waals surface area contributed by atoms with E-state index in [1.807, 2.05) is 84.9 Å². The van der Waals surface area contributed by atoms with Gasteiger partial charge in [0.25, 0.3) is 5.56 Å². The molecule has 6 aromatic carbocycles. The van der Waals surface area contributed by atoms with Crippen molar-refractivity contribution in [2.45, 2.75) is 120 Å². The van der Waals surface area contributed by atoms with E-state index < -0.39 is 35.7 Å². The van der Waals surface area contributed by atoms with Crippen LogP contribution in [0, 0.1) is 47.4 Å². The minimum Gasteiger partial charge on any atom is -0.503 e. The van der Waals surface area contributed by atoms with Gasteiger partial charge in [-0.2, -0.15) is 5.10 Å². The average molecular weight is 1530 g/mol. The average Bonchev–Trinajstić information content (AvgIpc) is 1.75. The fourth-order valence-corrected chi connectivity index (χ4v) is 14.2. The predicted molar refractivity (Wildman–Crippen MR) is 437 cm³/mol. The van der Waals surface area contributed by atoms with Crippen LogP contribution in [0.4, 0.5) is 4.39 Å². The number of aliphatic hydroxyl groups is 5. The van der Waals surface area contributed by atoms with Crippen LogP contribution in [0.1, 0.15) is 148 Å². The van der Waals surface area contributed by atoms with E-state index in [9.17, 15) is 44.0 Å². The minimum absolute atomic E-state index is 0.00968. The van der Waals surface area contributed by atoms with Crippen molar-refractivity contribution in [2.24, 2.45) is 21.9 Å². The molecule has 4 unspecified atom stereocenters. The van der Waals surface area contributed by atoms with E-state index in [-0.39, 0.29) is 92.9 Å². The Balaban J connectivity index is 0.000000167. The first-order chi connectivity index (χ1) is 54.9. The Hall–Kier alpha value is -10.9. The van der Waals surface area contributed by atoms with Crippen LogP contribution in [0.25, 0.3) is 0 Å². The number of halogens is 1. The van der Waals surface area contributed by atoms with Gasteiger partial charge >= 0.3 is 0 Å². The molecule has 21 nitrogen and oxygen atoms in total. The van der Waals surface area contributed by atoms with E-state index in [4.69, 9.17) is 10.2 Å². The van der Waals surface area contributed by atoms with E-state index in [0.717, 1.165) is 108 Å². The maximum Gasteiger partial charge on any atom is 0.293 e. The zero-order valence-electron chi connectivity index (χ0n) is 64.1. The van der Waals surface area contributed by atoms with Gasteiger partial charge in [-0.15, -0.1) is 0 Å². The molecule has 6 heterocycles. The Labute approximate surface area is 661 Å². The summed E-state index contributed by atoms with van der Waals surface area (Å²) in [6.45, 7) is 18.9. The van der Waals surface area contributed by atoms with Crippen molar-refractivity contribution >= 4 is 29.3 Å². The number of aliphatic hydroxyl groups excluding tert-OH is 5. The summed E-state index contributed by atoms with van der Waals surface area (Å²) >= 11 is 0. The summed E-state index contributed by atoms with van der Waals surface area (Å²) in [4.78, 5) is 65.2. The largest absolute Gasteiger partial charge is 0.503 e. The standard InChI is InChI=1S/C32H35N3O3.C30H35FN4O3.C29H32N4O4/c1-22(26-12-13-26)34-29-15-17-35(20-29)19-25-6-4-23(5-7-25)2-3-24-8-10-27(11-9-24)28(21-36)18-30-32(38)31(37)14-16-33-30;1-2-21-17-35(18-21)19-24-7-5-22(6-8-24)3-4-23-9-11-25(12-10-23)26(14-32-15-27(31)20-36)13-28-30(38)29(37)16-33-34-28;1-20(17-34)32-26-12-13-33(16-26)15-23-6-4-21(5-7-23)2-3-22-8-10-24(11-9-22)25(18-35)14-27-28(36)29(37)31-19-30-27/h4-11,16,26,28-29,34,36,38H,1,12-15,17-21H2;5-12,21,26-27,32-33,36H,2,13-20H2,1H3;4-11,19,25-26,32,34-36H,1,12-18H2,(H,30,31,37)/t28?,29-;;25?,26-/m1.1/s1. The van der Waals surface area contributed by atoms with Gasteiger partial charge in [0, 0.05) is 179 Å². The Kier molecular flexibility index (Phi) is 30.5. The third-order valence-electron chi connectivity index (χ3n) is 21.1. The van der Waals surface area contributed by atoms with Crippen LogP contribution >= 0.6 is 0 Å². The minimum atomic E-state index is -1.37. The molecule has 588 valence electrons. The van der Waals surface area contributed by atoms with Crippen molar-refractivity contribution in [1.82, 2.24) is 46.0 Å². The van der Waals surface area contributed by atoms with Crippen molar-refractivity contribution in [3.8, 4) is 41.3 Å². The van der Waals surface area contributed by atoms with Crippen LogP contribution < -0.4 is 26.9 Å². The van der Waals surface area contributed by atoms with Gasteiger partial charge in [-0.3, -0.25) is 38.9 Å². The molecule has 3 saturated heterocycles.